The average Bonchev–Trinajstić information content (AvgIpc) is 2.90. The molecule has 0 spiro atoms. The van der Waals surface area contributed by atoms with Gasteiger partial charge >= 0.3 is 0 Å². The van der Waals surface area contributed by atoms with Gasteiger partial charge in [0, 0.05) is 16.5 Å². The van der Waals surface area contributed by atoms with Gasteiger partial charge in [0.15, 0.2) is 0 Å². The molecule has 0 aliphatic rings. The molecule has 1 aromatic carbocycles. The number of amides is 1. The van der Waals surface area contributed by atoms with Crippen LogP contribution in [0.15, 0.2) is 22.7 Å². The molecule has 0 aliphatic carbocycles. The average molecular weight is 354 g/mol. The summed E-state index contributed by atoms with van der Waals surface area (Å²) in [6.45, 7) is 3.81. The van der Waals surface area contributed by atoms with Crippen molar-refractivity contribution >= 4 is 33.2 Å². The molecule has 2 aromatic rings. The zero-order valence-corrected chi connectivity index (χ0v) is 12.8. The van der Waals surface area contributed by atoms with Crippen molar-refractivity contribution in [2.45, 2.75) is 19.8 Å². The highest BCUT2D eigenvalue weighted by atomic mass is 79.9. The van der Waals surface area contributed by atoms with Crippen LogP contribution in [-0.2, 0) is 0 Å². The molecule has 0 atom stereocenters. The number of H-pyrrole nitrogens is 1. The summed E-state index contributed by atoms with van der Waals surface area (Å²) in [6, 6.07) is 4.35. The number of nitrogens with zero attached hydrogens (tertiary/aromatic N) is 3. The molecule has 1 heterocycles. The number of anilines is 1. The lowest BCUT2D eigenvalue weighted by Gasteiger charge is -2.04. The zero-order valence-electron chi connectivity index (χ0n) is 11.3. The Labute approximate surface area is 128 Å². The molecule has 0 fully saturated rings. The summed E-state index contributed by atoms with van der Waals surface area (Å²) in [5, 5.41) is 19.9. The molecule has 0 bridgehead atoms. The first-order valence-corrected chi connectivity index (χ1v) is 6.85. The number of hydrogen-bond acceptors (Lipinski definition) is 5. The second-order valence-corrected chi connectivity index (χ2v) is 5.49. The lowest BCUT2D eigenvalue weighted by atomic mass is 10.2. The highest BCUT2D eigenvalue weighted by molar-refractivity contribution is 9.10. The topological polar surface area (TPSA) is 114 Å². The van der Waals surface area contributed by atoms with Crippen LogP contribution in [0.5, 0.6) is 0 Å². The molecule has 2 N–H and O–H groups in total. The summed E-state index contributed by atoms with van der Waals surface area (Å²) in [4.78, 5) is 26.5. The van der Waals surface area contributed by atoms with Crippen molar-refractivity contribution < 1.29 is 9.72 Å². The SMILES string of the molecule is CC(C)c1nc(C(=O)Nc2ccc(Br)cc2[N+](=O)[O-])n[nH]1. The monoisotopic (exact) mass is 353 g/mol. The van der Waals surface area contributed by atoms with Crippen LogP contribution < -0.4 is 5.32 Å². The molecule has 8 nitrogen and oxygen atoms in total. The molecule has 0 saturated carbocycles. The minimum atomic E-state index is -0.608. The van der Waals surface area contributed by atoms with Gasteiger partial charge < -0.3 is 5.32 Å². The van der Waals surface area contributed by atoms with E-state index in [0.717, 1.165) is 0 Å². The number of hydrogen-bond donors (Lipinski definition) is 2. The fourth-order valence-electron chi connectivity index (χ4n) is 1.57. The predicted octanol–water partition coefficient (Wildman–Crippen LogP) is 2.85. The van der Waals surface area contributed by atoms with Gasteiger partial charge in [-0.05, 0) is 12.1 Å². The second kappa shape index (κ2) is 6.00. The maximum Gasteiger partial charge on any atom is 0.295 e. The number of rotatable bonds is 4. The van der Waals surface area contributed by atoms with E-state index in [0.29, 0.717) is 10.3 Å². The van der Waals surface area contributed by atoms with Gasteiger partial charge in [-0.3, -0.25) is 20.0 Å². The summed E-state index contributed by atoms with van der Waals surface area (Å²) >= 11 is 3.15. The number of aromatic amines is 1. The van der Waals surface area contributed by atoms with Crippen molar-refractivity contribution in [3.63, 3.8) is 0 Å². The van der Waals surface area contributed by atoms with Crippen LogP contribution >= 0.6 is 15.9 Å². The summed E-state index contributed by atoms with van der Waals surface area (Å²) in [5.41, 5.74) is -0.124. The Bertz CT molecular complexity index is 698. The standard InChI is InChI=1S/C12H12BrN5O3/c1-6(2)10-15-11(17-16-10)12(19)14-8-4-3-7(13)5-9(8)18(20)21/h3-6H,1-2H3,(H,14,19)(H,15,16,17). The summed E-state index contributed by atoms with van der Waals surface area (Å²) in [6.07, 6.45) is 0. The Kier molecular flexibility index (Phi) is 4.32. The minimum absolute atomic E-state index is 0.0593. The third-order valence-corrected chi connectivity index (χ3v) is 3.15. The number of halogens is 1. The number of benzene rings is 1. The molecule has 0 aliphatic heterocycles. The van der Waals surface area contributed by atoms with Crippen LogP contribution in [0.3, 0.4) is 0 Å². The molecule has 1 aromatic heterocycles. The summed E-state index contributed by atoms with van der Waals surface area (Å²) in [7, 11) is 0. The minimum Gasteiger partial charge on any atom is -0.313 e. The molecule has 1 amide bonds. The van der Waals surface area contributed by atoms with E-state index in [9.17, 15) is 14.9 Å². The van der Waals surface area contributed by atoms with Gasteiger partial charge in [-0.1, -0.05) is 29.8 Å². The van der Waals surface area contributed by atoms with Crippen LogP contribution in [-0.4, -0.2) is 26.0 Å². The molecule has 0 saturated heterocycles. The van der Waals surface area contributed by atoms with Crippen LogP contribution in [0.2, 0.25) is 0 Å². The Morgan fingerprint density at radius 1 is 1.48 bits per heavy atom. The smallest absolute Gasteiger partial charge is 0.295 e. The Balaban J connectivity index is 2.25. The maximum atomic E-state index is 12.0. The van der Waals surface area contributed by atoms with E-state index >= 15 is 0 Å². The Hall–Kier alpha value is -2.29. The van der Waals surface area contributed by atoms with Gasteiger partial charge in [-0.25, -0.2) is 4.98 Å². The molecular weight excluding hydrogens is 342 g/mol. The van der Waals surface area contributed by atoms with E-state index in [1.54, 1.807) is 6.07 Å². The van der Waals surface area contributed by atoms with Crippen molar-refractivity contribution in [3.05, 3.63) is 44.4 Å². The van der Waals surface area contributed by atoms with Crippen LogP contribution in [0.25, 0.3) is 0 Å². The highest BCUT2D eigenvalue weighted by Gasteiger charge is 2.20. The fourth-order valence-corrected chi connectivity index (χ4v) is 1.92. The third kappa shape index (κ3) is 3.43. The largest absolute Gasteiger partial charge is 0.313 e. The molecule has 21 heavy (non-hydrogen) atoms. The molecule has 0 radical (unpaired) electrons. The Morgan fingerprint density at radius 3 is 2.76 bits per heavy atom. The molecular formula is C12H12BrN5O3. The van der Waals surface area contributed by atoms with Crippen molar-refractivity contribution in [1.82, 2.24) is 15.2 Å². The first-order chi connectivity index (χ1) is 9.88. The van der Waals surface area contributed by atoms with Gasteiger partial charge in [0.05, 0.1) is 4.92 Å². The van der Waals surface area contributed by atoms with Crippen LogP contribution in [0.1, 0.15) is 36.2 Å². The number of nitrogens with one attached hydrogen (secondary N) is 2. The number of aromatic nitrogens is 3. The first-order valence-electron chi connectivity index (χ1n) is 6.06. The van der Waals surface area contributed by atoms with Crippen molar-refractivity contribution in [2.75, 3.05) is 5.32 Å². The fraction of sp³-hybridized carbons (Fsp3) is 0.250. The first kappa shape index (κ1) is 15.1. The zero-order chi connectivity index (χ0) is 15.6. The maximum absolute atomic E-state index is 12.0. The number of carbonyl (C=O) groups excluding carboxylic acids is 1. The van der Waals surface area contributed by atoms with E-state index in [2.05, 4.69) is 36.4 Å². The quantitative estimate of drug-likeness (QED) is 0.647. The molecule has 110 valence electrons. The Morgan fingerprint density at radius 2 is 2.19 bits per heavy atom. The highest BCUT2D eigenvalue weighted by Crippen LogP contribution is 2.28. The summed E-state index contributed by atoms with van der Waals surface area (Å²) in [5.74, 6) is 0.00557. The van der Waals surface area contributed by atoms with Crippen LogP contribution in [0.4, 0.5) is 11.4 Å². The van der Waals surface area contributed by atoms with E-state index in [1.165, 1.54) is 12.1 Å². The van der Waals surface area contributed by atoms with Gasteiger partial charge in [0.1, 0.15) is 11.5 Å². The normalized spacial score (nSPS) is 10.7. The third-order valence-electron chi connectivity index (χ3n) is 2.66. The van der Waals surface area contributed by atoms with Crippen molar-refractivity contribution in [2.24, 2.45) is 0 Å². The van der Waals surface area contributed by atoms with Gasteiger partial charge in [0.2, 0.25) is 5.82 Å². The van der Waals surface area contributed by atoms with Crippen LogP contribution in [0, 0.1) is 10.1 Å². The molecule has 2 rings (SSSR count). The van der Waals surface area contributed by atoms with E-state index in [4.69, 9.17) is 0 Å². The lowest BCUT2D eigenvalue weighted by molar-refractivity contribution is -0.384. The van der Waals surface area contributed by atoms with Gasteiger partial charge in [-0.15, -0.1) is 5.10 Å². The molecule has 9 heteroatoms. The van der Waals surface area contributed by atoms with E-state index < -0.39 is 10.8 Å². The number of nitro benzene ring substituents is 1. The number of nitro groups is 1. The number of carbonyl (C=O) groups is 1. The van der Waals surface area contributed by atoms with E-state index in [1.807, 2.05) is 13.8 Å². The van der Waals surface area contributed by atoms with E-state index in [-0.39, 0.29) is 23.1 Å². The summed E-state index contributed by atoms with van der Waals surface area (Å²) < 4.78 is 0.548. The van der Waals surface area contributed by atoms with Gasteiger partial charge in [0.25, 0.3) is 11.6 Å². The second-order valence-electron chi connectivity index (χ2n) is 4.57. The predicted molar refractivity (Wildman–Crippen MR) is 79.2 cm³/mol. The van der Waals surface area contributed by atoms with Gasteiger partial charge in [-0.2, -0.15) is 0 Å². The van der Waals surface area contributed by atoms with Crippen molar-refractivity contribution in [3.8, 4) is 0 Å². The van der Waals surface area contributed by atoms with Crippen molar-refractivity contribution in [1.29, 1.82) is 0 Å². The lowest BCUT2D eigenvalue weighted by Crippen LogP contribution is -2.15. The molecule has 0 unspecified atom stereocenters.